The maximum absolute atomic E-state index is 4.68. The summed E-state index contributed by atoms with van der Waals surface area (Å²) in [6, 6.07) is 7.04. The van der Waals surface area contributed by atoms with Gasteiger partial charge in [0.05, 0.1) is 11.7 Å². The van der Waals surface area contributed by atoms with Crippen molar-refractivity contribution < 1.29 is 0 Å². The van der Waals surface area contributed by atoms with Crippen molar-refractivity contribution in [2.75, 3.05) is 31.6 Å². The van der Waals surface area contributed by atoms with Gasteiger partial charge in [-0.2, -0.15) is 5.10 Å². The molecule has 0 bridgehead atoms. The summed E-state index contributed by atoms with van der Waals surface area (Å²) in [5, 5.41) is 5.71. The molecule has 5 heteroatoms. The molecule has 4 rings (SSSR count). The fourth-order valence-corrected chi connectivity index (χ4v) is 5.00. The van der Waals surface area contributed by atoms with Crippen molar-refractivity contribution in [1.82, 2.24) is 19.7 Å². The molecule has 0 spiro atoms. The van der Waals surface area contributed by atoms with Crippen LogP contribution in [-0.4, -0.2) is 46.3 Å². The molecule has 1 saturated heterocycles. The minimum Gasteiger partial charge on any atom is -0.374 e. The Hall–Kier alpha value is -2.40. The minimum atomic E-state index is 0.432. The number of rotatable bonds is 5. The van der Waals surface area contributed by atoms with Crippen molar-refractivity contribution in [2.45, 2.75) is 39.7 Å². The molecule has 1 aliphatic rings. The van der Waals surface area contributed by atoms with Crippen molar-refractivity contribution >= 4 is 16.6 Å². The Balaban J connectivity index is 1.65. The van der Waals surface area contributed by atoms with E-state index in [-0.39, 0.29) is 0 Å². The molecule has 0 amide bonds. The number of anilines is 1. The summed E-state index contributed by atoms with van der Waals surface area (Å²) >= 11 is 0. The van der Waals surface area contributed by atoms with Crippen molar-refractivity contribution in [1.29, 1.82) is 0 Å². The van der Waals surface area contributed by atoms with Crippen LogP contribution < -0.4 is 4.90 Å². The van der Waals surface area contributed by atoms with E-state index in [1.807, 2.05) is 17.9 Å². The molecular formula is C24H33N5. The Bertz CT molecular complexity index is 992. The van der Waals surface area contributed by atoms with Crippen LogP contribution in [0.1, 0.15) is 42.5 Å². The number of likely N-dealkylation sites (tertiary alicyclic amines) is 1. The van der Waals surface area contributed by atoms with E-state index in [4.69, 9.17) is 0 Å². The summed E-state index contributed by atoms with van der Waals surface area (Å²) in [5.41, 5.74) is 6.32. The van der Waals surface area contributed by atoms with Crippen molar-refractivity contribution in [3.63, 3.8) is 0 Å². The summed E-state index contributed by atoms with van der Waals surface area (Å²) < 4.78 is 1.93. The molecule has 29 heavy (non-hydrogen) atoms. The Morgan fingerprint density at radius 2 is 2.03 bits per heavy atom. The first kappa shape index (κ1) is 19.9. The number of hydrogen-bond acceptors (Lipinski definition) is 4. The highest BCUT2D eigenvalue weighted by molar-refractivity contribution is 5.93. The maximum atomic E-state index is 4.68. The van der Waals surface area contributed by atoms with Crippen LogP contribution in [0.2, 0.25) is 0 Å². The lowest BCUT2D eigenvalue weighted by Gasteiger charge is -2.42. The first-order chi connectivity index (χ1) is 14.0. The zero-order valence-electron chi connectivity index (χ0n) is 18.4. The van der Waals surface area contributed by atoms with Gasteiger partial charge in [-0.05, 0) is 62.9 Å². The van der Waals surface area contributed by atoms with Crippen LogP contribution in [0.25, 0.3) is 10.9 Å². The second-order valence-corrected chi connectivity index (χ2v) is 8.54. The molecule has 154 valence electrons. The van der Waals surface area contributed by atoms with E-state index >= 15 is 0 Å². The van der Waals surface area contributed by atoms with Gasteiger partial charge in [0.25, 0.3) is 0 Å². The Morgan fingerprint density at radius 1 is 1.21 bits per heavy atom. The van der Waals surface area contributed by atoms with Crippen molar-refractivity contribution in [2.24, 2.45) is 13.0 Å². The molecule has 0 N–H and O–H groups in total. The molecule has 0 saturated carbocycles. The summed E-state index contributed by atoms with van der Waals surface area (Å²) in [6.07, 6.45) is 8.72. The number of aryl methyl sites for hydroxylation is 3. The fraction of sp³-hybridized carbons (Fsp3) is 0.500. The van der Waals surface area contributed by atoms with Gasteiger partial charge < -0.3 is 4.90 Å². The number of hydrogen-bond donors (Lipinski definition) is 0. The molecule has 3 heterocycles. The van der Waals surface area contributed by atoms with Crippen LogP contribution in [0.3, 0.4) is 0 Å². The molecular weight excluding hydrogens is 358 g/mol. The van der Waals surface area contributed by atoms with Crippen LogP contribution in [0.15, 0.2) is 36.8 Å². The lowest BCUT2D eigenvalue weighted by atomic mass is 9.85. The Labute approximate surface area is 174 Å². The average molecular weight is 392 g/mol. The normalized spacial score (nSPS) is 20.3. The van der Waals surface area contributed by atoms with E-state index in [1.54, 1.807) is 0 Å². The third kappa shape index (κ3) is 3.76. The highest BCUT2D eigenvalue weighted by atomic mass is 15.3. The number of aromatic nitrogens is 3. The quantitative estimate of drug-likeness (QED) is 0.642. The smallest absolute Gasteiger partial charge is 0.0754 e. The molecule has 0 radical (unpaired) electrons. The molecule has 5 nitrogen and oxygen atoms in total. The van der Waals surface area contributed by atoms with Gasteiger partial charge in [0.1, 0.15) is 0 Å². The van der Waals surface area contributed by atoms with Gasteiger partial charge in [0.15, 0.2) is 0 Å². The number of fused-ring (bicyclic) bond motifs is 1. The first-order valence-corrected chi connectivity index (χ1v) is 10.8. The lowest BCUT2D eigenvalue weighted by molar-refractivity contribution is 0.101. The van der Waals surface area contributed by atoms with E-state index in [9.17, 15) is 0 Å². The summed E-state index contributed by atoms with van der Waals surface area (Å²) in [5.74, 6) is 0.577. The highest BCUT2D eigenvalue weighted by Gasteiger charge is 2.33. The van der Waals surface area contributed by atoms with Crippen LogP contribution in [-0.2, 0) is 7.05 Å². The molecule has 3 aromatic rings. The molecule has 2 aromatic heterocycles. The Morgan fingerprint density at radius 3 is 2.76 bits per heavy atom. The molecule has 1 fully saturated rings. The van der Waals surface area contributed by atoms with E-state index in [1.165, 1.54) is 47.2 Å². The lowest BCUT2D eigenvalue weighted by Crippen LogP contribution is -2.42. The van der Waals surface area contributed by atoms with E-state index in [0.717, 1.165) is 18.6 Å². The molecule has 1 aromatic carbocycles. The fourth-order valence-electron chi connectivity index (χ4n) is 5.00. The second-order valence-electron chi connectivity index (χ2n) is 8.54. The van der Waals surface area contributed by atoms with Gasteiger partial charge in [-0.25, -0.2) is 0 Å². The SMILES string of the molecule is CCN1CCCC(CN(C)c2ccnc3c(C)c(C)ccc23)C1c1cnn(C)c1. The highest BCUT2D eigenvalue weighted by Crippen LogP contribution is 2.37. The van der Waals surface area contributed by atoms with Crippen LogP contribution in [0, 0.1) is 19.8 Å². The number of benzene rings is 1. The van der Waals surface area contributed by atoms with Gasteiger partial charge in [-0.3, -0.25) is 14.6 Å². The summed E-state index contributed by atoms with van der Waals surface area (Å²) in [6.45, 7) is 9.89. The largest absolute Gasteiger partial charge is 0.374 e. The maximum Gasteiger partial charge on any atom is 0.0754 e. The van der Waals surface area contributed by atoms with Gasteiger partial charge in [0, 0.05) is 55.7 Å². The summed E-state index contributed by atoms with van der Waals surface area (Å²) in [4.78, 5) is 9.73. The first-order valence-electron chi connectivity index (χ1n) is 10.8. The third-order valence-corrected chi connectivity index (χ3v) is 6.67. The molecule has 2 unspecified atom stereocenters. The van der Waals surface area contributed by atoms with E-state index in [0.29, 0.717) is 12.0 Å². The van der Waals surface area contributed by atoms with Gasteiger partial charge in [0.2, 0.25) is 0 Å². The molecule has 2 atom stereocenters. The standard InChI is InChI=1S/C24H33N5/c1-6-29-13-7-8-19(24(29)20-14-26-28(5)16-20)15-27(4)22-11-12-25-23-18(3)17(2)9-10-21(22)23/h9-12,14,16,19,24H,6-8,13,15H2,1-5H3. The van der Waals surface area contributed by atoms with Crippen LogP contribution in [0.4, 0.5) is 5.69 Å². The van der Waals surface area contributed by atoms with Gasteiger partial charge in [-0.15, -0.1) is 0 Å². The number of nitrogens with zero attached hydrogens (tertiary/aromatic N) is 5. The zero-order valence-corrected chi connectivity index (χ0v) is 18.4. The molecule has 1 aliphatic heterocycles. The predicted octanol–water partition coefficient (Wildman–Crippen LogP) is 4.49. The molecule has 0 aliphatic carbocycles. The van der Waals surface area contributed by atoms with Gasteiger partial charge in [-0.1, -0.05) is 19.1 Å². The second kappa shape index (κ2) is 8.15. The zero-order chi connectivity index (χ0) is 20.5. The Kier molecular flexibility index (Phi) is 5.59. The van der Waals surface area contributed by atoms with Gasteiger partial charge >= 0.3 is 0 Å². The predicted molar refractivity (Wildman–Crippen MR) is 120 cm³/mol. The monoisotopic (exact) mass is 391 g/mol. The van der Waals surface area contributed by atoms with Crippen LogP contribution >= 0.6 is 0 Å². The topological polar surface area (TPSA) is 37.2 Å². The summed E-state index contributed by atoms with van der Waals surface area (Å²) in [7, 11) is 4.24. The van der Waals surface area contributed by atoms with Crippen LogP contribution in [0.5, 0.6) is 0 Å². The third-order valence-electron chi connectivity index (χ3n) is 6.67. The van der Waals surface area contributed by atoms with E-state index in [2.05, 4.69) is 78.3 Å². The average Bonchev–Trinajstić information content (AvgIpc) is 3.16. The van der Waals surface area contributed by atoms with E-state index < -0.39 is 0 Å². The number of pyridine rings is 1. The minimum absolute atomic E-state index is 0.432. The number of piperidine rings is 1. The van der Waals surface area contributed by atoms with Crippen molar-refractivity contribution in [3.8, 4) is 0 Å². The van der Waals surface area contributed by atoms with Crippen molar-refractivity contribution in [3.05, 3.63) is 53.5 Å².